The number of thiazole rings is 1. The summed E-state index contributed by atoms with van der Waals surface area (Å²) in [6.07, 6.45) is 0. The van der Waals surface area contributed by atoms with Gasteiger partial charge in [0.2, 0.25) is 15.9 Å². The van der Waals surface area contributed by atoms with Gasteiger partial charge in [-0.05, 0) is 36.6 Å². The quantitative estimate of drug-likeness (QED) is 0.402. The first-order chi connectivity index (χ1) is 14.2. The van der Waals surface area contributed by atoms with E-state index >= 15 is 0 Å². The lowest BCUT2D eigenvalue weighted by Crippen LogP contribution is -2.23. The summed E-state index contributed by atoms with van der Waals surface area (Å²) in [6.45, 7) is 1.95. The van der Waals surface area contributed by atoms with E-state index in [2.05, 4.69) is 15.0 Å². The Morgan fingerprint density at radius 2 is 2.03 bits per heavy atom. The number of nitrogens with one attached hydrogen (secondary N) is 2. The van der Waals surface area contributed by atoms with Crippen LogP contribution < -0.4 is 15.8 Å². The summed E-state index contributed by atoms with van der Waals surface area (Å²) in [6, 6.07) is 9.46. The van der Waals surface area contributed by atoms with Crippen molar-refractivity contribution >= 4 is 61.4 Å². The van der Waals surface area contributed by atoms with Crippen molar-refractivity contribution in [3.05, 3.63) is 57.9 Å². The number of nitrogens with zero attached hydrogens (tertiary/aromatic N) is 1. The minimum atomic E-state index is -3.77. The first-order valence-electron chi connectivity index (χ1n) is 8.56. The van der Waals surface area contributed by atoms with Crippen LogP contribution in [0.1, 0.15) is 20.9 Å². The smallest absolute Gasteiger partial charge is 0.257 e. The average Bonchev–Trinajstić information content (AvgIpc) is 3.34. The minimum Gasteiger partial charge on any atom is -0.369 e. The van der Waals surface area contributed by atoms with Gasteiger partial charge in [-0.15, -0.1) is 23.1 Å². The van der Waals surface area contributed by atoms with Crippen molar-refractivity contribution in [2.45, 2.75) is 22.6 Å². The molecule has 12 heteroatoms. The topological polar surface area (TPSA) is 131 Å². The van der Waals surface area contributed by atoms with E-state index in [1.165, 1.54) is 58.7 Å². The lowest BCUT2D eigenvalue weighted by atomic mass is 10.2. The molecule has 30 heavy (non-hydrogen) atoms. The number of sulfonamides is 1. The van der Waals surface area contributed by atoms with Crippen LogP contribution in [0.25, 0.3) is 0 Å². The Morgan fingerprint density at radius 3 is 2.73 bits per heavy atom. The Labute approximate surface area is 186 Å². The van der Waals surface area contributed by atoms with E-state index < -0.39 is 21.8 Å². The van der Waals surface area contributed by atoms with Crippen LogP contribution >= 0.6 is 34.4 Å². The molecule has 0 radical (unpaired) electrons. The third kappa shape index (κ3) is 5.89. The van der Waals surface area contributed by atoms with Crippen LogP contribution in [0.2, 0.25) is 0 Å². The predicted molar refractivity (Wildman–Crippen MR) is 120 cm³/mol. The first-order valence-corrected chi connectivity index (χ1v) is 12.7. The minimum absolute atomic E-state index is 0.000252. The van der Waals surface area contributed by atoms with Crippen molar-refractivity contribution in [2.24, 2.45) is 5.73 Å². The SMILES string of the molecule is Cc1nc(NC(=O)c2cccc(S(=O)(=O)NCc3cccs3)c2)sc1SCC(N)=O. The molecular weight excluding hydrogens is 464 g/mol. The number of amides is 2. The zero-order valence-electron chi connectivity index (χ0n) is 15.7. The van der Waals surface area contributed by atoms with Crippen molar-refractivity contribution in [3.8, 4) is 0 Å². The Hall–Kier alpha value is -2.25. The van der Waals surface area contributed by atoms with Crippen LogP contribution in [0.3, 0.4) is 0 Å². The van der Waals surface area contributed by atoms with Gasteiger partial charge in [0.05, 0.1) is 20.6 Å². The average molecular weight is 483 g/mol. The number of hydrogen-bond donors (Lipinski definition) is 3. The molecule has 3 rings (SSSR count). The molecule has 0 bridgehead atoms. The molecule has 0 saturated carbocycles. The summed E-state index contributed by atoms with van der Waals surface area (Å²) in [7, 11) is -3.77. The highest BCUT2D eigenvalue weighted by Gasteiger charge is 2.18. The van der Waals surface area contributed by atoms with Gasteiger partial charge in [0.25, 0.3) is 5.91 Å². The molecule has 0 fully saturated rings. The number of aromatic nitrogens is 1. The molecule has 0 spiro atoms. The molecule has 0 unspecified atom stereocenters. The van der Waals surface area contributed by atoms with Crippen molar-refractivity contribution < 1.29 is 18.0 Å². The number of anilines is 1. The lowest BCUT2D eigenvalue weighted by molar-refractivity contribution is -0.115. The highest BCUT2D eigenvalue weighted by Crippen LogP contribution is 2.32. The number of rotatable bonds is 9. The van der Waals surface area contributed by atoms with Crippen molar-refractivity contribution in [2.75, 3.05) is 11.1 Å². The molecule has 8 nitrogen and oxygen atoms in total. The second-order valence-corrected chi connectivity index (χ2v) is 11.1. The Bertz CT molecular complexity index is 1160. The lowest BCUT2D eigenvalue weighted by Gasteiger charge is -2.08. The fourth-order valence-corrected chi connectivity index (χ4v) is 6.00. The maximum absolute atomic E-state index is 12.6. The zero-order chi connectivity index (χ0) is 21.7. The molecule has 2 aromatic heterocycles. The van der Waals surface area contributed by atoms with Gasteiger partial charge in [0, 0.05) is 17.0 Å². The molecule has 0 aliphatic rings. The number of aryl methyl sites for hydroxylation is 1. The highest BCUT2D eigenvalue weighted by atomic mass is 32.2. The zero-order valence-corrected chi connectivity index (χ0v) is 19.0. The fourth-order valence-electron chi connectivity index (χ4n) is 2.34. The summed E-state index contributed by atoms with van der Waals surface area (Å²) in [5.41, 5.74) is 6.02. The van der Waals surface area contributed by atoms with Gasteiger partial charge >= 0.3 is 0 Å². The molecule has 158 valence electrons. The van der Waals surface area contributed by atoms with Crippen LogP contribution in [0.15, 0.2) is 50.9 Å². The number of carbonyl (C=O) groups excluding carboxylic acids is 2. The van der Waals surface area contributed by atoms with E-state index in [-0.39, 0.29) is 22.8 Å². The van der Waals surface area contributed by atoms with Gasteiger partial charge in [-0.2, -0.15) is 0 Å². The van der Waals surface area contributed by atoms with Crippen molar-refractivity contribution in [3.63, 3.8) is 0 Å². The maximum Gasteiger partial charge on any atom is 0.257 e. The van der Waals surface area contributed by atoms with E-state index in [1.807, 2.05) is 17.5 Å². The highest BCUT2D eigenvalue weighted by molar-refractivity contribution is 8.01. The Morgan fingerprint density at radius 1 is 1.23 bits per heavy atom. The molecule has 0 aliphatic carbocycles. The van der Waals surface area contributed by atoms with E-state index in [0.29, 0.717) is 10.8 Å². The molecule has 1 aromatic carbocycles. The maximum atomic E-state index is 12.6. The number of thiophene rings is 1. The number of hydrogen-bond acceptors (Lipinski definition) is 8. The molecule has 4 N–H and O–H groups in total. The van der Waals surface area contributed by atoms with Gasteiger partial charge in [0.1, 0.15) is 0 Å². The van der Waals surface area contributed by atoms with Gasteiger partial charge in [0.15, 0.2) is 5.13 Å². The molecule has 0 saturated heterocycles. The van der Waals surface area contributed by atoms with Crippen LogP contribution in [0, 0.1) is 6.92 Å². The van der Waals surface area contributed by atoms with Gasteiger partial charge < -0.3 is 5.73 Å². The summed E-state index contributed by atoms with van der Waals surface area (Å²) in [4.78, 5) is 28.7. The third-order valence-electron chi connectivity index (χ3n) is 3.74. The standard InChI is InChI=1S/C18H18N4O4S4/c1-11-17(28-10-15(19)23)29-18(21-11)22-16(24)12-4-2-6-14(8-12)30(25,26)20-9-13-5-3-7-27-13/h2-8,20H,9-10H2,1H3,(H2,19,23)(H,21,22,24). The predicted octanol–water partition coefficient (Wildman–Crippen LogP) is 2.82. The Balaban J connectivity index is 1.70. The molecule has 0 aliphatic heterocycles. The Kier molecular flexibility index (Phi) is 7.26. The van der Waals surface area contributed by atoms with E-state index in [4.69, 9.17) is 5.73 Å². The van der Waals surface area contributed by atoms with Crippen LogP contribution in [-0.2, 0) is 21.4 Å². The summed E-state index contributed by atoms with van der Waals surface area (Å²) in [5.74, 6) is -0.802. The second-order valence-electron chi connectivity index (χ2n) is 6.03. The van der Waals surface area contributed by atoms with Crippen molar-refractivity contribution in [1.29, 1.82) is 0 Å². The normalized spacial score (nSPS) is 11.4. The van der Waals surface area contributed by atoms with Crippen molar-refractivity contribution in [1.82, 2.24) is 9.71 Å². The van der Waals surface area contributed by atoms with E-state index in [9.17, 15) is 18.0 Å². The molecule has 2 heterocycles. The number of primary amides is 1. The van der Waals surface area contributed by atoms with Gasteiger partial charge in [-0.25, -0.2) is 18.1 Å². The summed E-state index contributed by atoms with van der Waals surface area (Å²) >= 11 is 3.93. The molecule has 0 atom stereocenters. The molecule has 3 aromatic rings. The third-order valence-corrected chi connectivity index (χ3v) is 8.48. The van der Waals surface area contributed by atoms with Crippen LogP contribution in [-0.4, -0.2) is 31.0 Å². The van der Waals surface area contributed by atoms with Crippen LogP contribution in [0.5, 0.6) is 0 Å². The van der Waals surface area contributed by atoms with E-state index in [0.717, 1.165) is 9.09 Å². The van der Waals surface area contributed by atoms with Gasteiger partial charge in [-0.1, -0.05) is 23.5 Å². The number of nitrogens with two attached hydrogens (primary N) is 1. The largest absolute Gasteiger partial charge is 0.369 e. The first kappa shape index (κ1) is 22.4. The van der Waals surface area contributed by atoms with Gasteiger partial charge in [-0.3, -0.25) is 14.9 Å². The number of carbonyl (C=O) groups is 2. The van der Waals surface area contributed by atoms with Crippen LogP contribution in [0.4, 0.5) is 5.13 Å². The van der Waals surface area contributed by atoms with E-state index in [1.54, 1.807) is 6.92 Å². The molecule has 2 amide bonds. The summed E-state index contributed by atoms with van der Waals surface area (Å²) < 4.78 is 28.4. The second kappa shape index (κ2) is 9.71. The monoisotopic (exact) mass is 482 g/mol. The number of benzene rings is 1. The summed E-state index contributed by atoms with van der Waals surface area (Å²) in [5, 5.41) is 4.89. The number of thioether (sulfide) groups is 1. The molecular formula is C18H18N4O4S4. The fraction of sp³-hybridized carbons (Fsp3) is 0.167.